The summed E-state index contributed by atoms with van der Waals surface area (Å²) in [6, 6.07) is 72.9. The van der Waals surface area contributed by atoms with Crippen molar-refractivity contribution in [1.82, 2.24) is 4.98 Å². The van der Waals surface area contributed by atoms with E-state index in [9.17, 15) is 0 Å². The van der Waals surface area contributed by atoms with E-state index in [0.29, 0.717) is 5.89 Å². The van der Waals surface area contributed by atoms with Crippen LogP contribution in [-0.4, -0.2) is 4.98 Å². The molecule has 0 aliphatic rings. The van der Waals surface area contributed by atoms with Gasteiger partial charge in [0.2, 0.25) is 5.89 Å². The van der Waals surface area contributed by atoms with Gasteiger partial charge in [-0.05, 0) is 105 Å². The molecule has 0 atom stereocenters. The second-order valence-corrected chi connectivity index (χ2v) is 13.6. The van der Waals surface area contributed by atoms with E-state index in [2.05, 4.69) is 181 Å². The van der Waals surface area contributed by atoms with E-state index in [1.165, 1.54) is 22.3 Å². The van der Waals surface area contributed by atoms with Gasteiger partial charge in [0.1, 0.15) is 5.52 Å². The van der Waals surface area contributed by atoms with E-state index in [-0.39, 0.29) is 0 Å². The number of hydrogen-bond donors (Lipinski definition) is 0. The van der Waals surface area contributed by atoms with Crippen LogP contribution in [0.3, 0.4) is 0 Å². The van der Waals surface area contributed by atoms with Crippen LogP contribution in [0.5, 0.6) is 0 Å². The van der Waals surface area contributed by atoms with Crippen molar-refractivity contribution in [3.05, 3.63) is 206 Å². The van der Waals surface area contributed by atoms with Crippen LogP contribution in [-0.2, 0) is 0 Å². The number of oxazole rings is 1. The number of hydrogen-bond acceptors (Lipinski definition) is 3. The second kappa shape index (κ2) is 13.4. The van der Waals surface area contributed by atoms with Gasteiger partial charge in [0, 0.05) is 33.4 Å². The van der Waals surface area contributed by atoms with Crippen molar-refractivity contribution in [2.24, 2.45) is 0 Å². The minimum atomic E-state index is 0.636. The zero-order valence-electron chi connectivity index (χ0n) is 29.4. The lowest BCUT2D eigenvalue weighted by molar-refractivity contribution is 0.623. The minimum absolute atomic E-state index is 0.636. The van der Waals surface area contributed by atoms with Crippen molar-refractivity contribution in [3.63, 3.8) is 0 Å². The highest BCUT2D eigenvalue weighted by atomic mass is 16.3. The van der Waals surface area contributed by atoms with Crippen molar-refractivity contribution in [3.8, 4) is 44.8 Å². The molecular weight excluding hydrogens is 657 g/mol. The van der Waals surface area contributed by atoms with Crippen LogP contribution >= 0.6 is 0 Å². The van der Waals surface area contributed by atoms with Gasteiger partial charge >= 0.3 is 0 Å². The minimum Gasteiger partial charge on any atom is -0.435 e. The fourth-order valence-corrected chi connectivity index (χ4v) is 7.58. The molecule has 0 saturated heterocycles. The summed E-state index contributed by atoms with van der Waals surface area (Å²) >= 11 is 0. The first-order valence-electron chi connectivity index (χ1n) is 18.3. The summed E-state index contributed by atoms with van der Waals surface area (Å²) < 4.78 is 6.50. The van der Waals surface area contributed by atoms with Gasteiger partial charge in [-0.3, -0.25) is 0 Å². The maximum Gasteiger partial charge on any atom is 0.227 e. The summed E-state index contributed by atoms with van der Waals surface area (Å²) in [6.07, 6.45) is 0. The molecule has 9 aromatic carbocycles. The van der Waals surface area contributed by atoms with Gasteiger partial charge in [-0.1, -0.05) is 146 Å². The molecule has 254 valence electrons. The molecule has 0 bridgehead atoms. The first kappa shape index (κ1) is 31.5. The third-order valence-electron chi connectivity index (χ3n) is 10.3. The van der Waals surface area contributed by atoms with Crippen LogP contribution in [0, 0.1) is 0 Å². The van der Waals surface area contributed by atoms with Crippen molar-refractivity contribution in [2.45, 2.75) is 0 Å². The maximum absolute atomic E-state index is 6.50. The lowest BCUT2D eigenvalue weighted by Crippen LogP contribution is -2.09. The first-order chi connectivity index (χ1) is 26.8. The van der Waals surface area contributed by atoms with Gasteiger partial charge in [0.25, 0.3) is 0 Å². The molecule has 0 unspecified atom stereocenters. The van der Waals surface area contributed by atoms with Crippen molar-refractivity contribution in [1.29, 1.82) is 0 Å². The summed E-state index contributed by atoms with van der Waals surface area (Å²) in [7, 11) is 0. The fourth-order valence-electron chi connectivity index (χ4n) is 7.58. The zero-order chi connectivity index (χ0) is 35.8. The molecule has 54 heavy (non-hydrogen) atoms. The Morgan fingerprint density at radius 2 is 0.722 bits per heavy atom. The zero-order valence-corrected chi connectivity index (χ0v) is 29.4. The Balaban J connectivity index is 1.04. The Kier molecular flexibility index (Phi) is 7.81. The van der Waals surface area contributed by atoms with Crippen LogP contribution < -0.4 is 4.90 Å². The topological polar surface area (TPSA) is 29.3 Å². The molecule has 0 radical (unpaired) electrons. The molecular formula is C51H34N2O. The molecule has 3 nitrogen and oxygen atoms in total. The van der Waals surface area contributed by atoms with Gasteiger partial charge in [0.15, 0.2) is 5.58 Å². The monoisotopic (exact) mass is 690 g/mol. The Morgan fingerprint density at radius 3 is 1.24 bits per heavy atom. The lowest BCUT2D eigenvalue weighted by atomic mass is 9.96. The number of fused-ring (bicyclic) bond motifs is 6. The second-order valence-electron chi connectivity index (χ2n) is 13.6. The molecule has 1 aromatic heterocycles. The van der Waals surface area contributed by atoms with Crippen LogP contribution in [0.15, 0.2) is 211 Å². The molecule has 10 rings (SSSR count). The maximum atomic E-state index is 6.50. The third kappa shape index (κ3) is 5.69. The van der Waals surface area contributed by atoms with E-state index in [1.807, 2.05) is 30.3 Å². The molecule has 0 aliphatic carbocycles. The Hall–Kier alpha value is -7.23. The summed E-state index contributed by atoms with van der Waals surface area (Å²) in [4.78, 5) is 7.31. The number of rotatable bonds is 7. The summed E-state index contributed by atoms with van der Waals surface area (Å²) in [5.41, 5.74) is 13.0. The first-order valence-corrected chi connectivity index (χ1v) is 18.3. The van der Waals surface area contributed by atoms with Crippen LogP contribution in [0.1, 0.15) is 0 Å². The van der Waals surface area contributed by atoms with Gasteiger partial charge in [-0.15, -0.1) is 0 Å². The predicted molar refractivity (Wildman–Crippen MR) is 225 cm³/mol. The molecule has 1 heterocycles. The van der Waals surface area contributed by atoms with Gasteiger partial charge < -0.3 is 9.32 Å². The Bertz CT molecular complexity index is 2800. The predicted octanol–water partition coefficient (Wildman–Crippen LogP) is 14.3. The number of anilines is 3. The van der Waals surface area contributed by atoms with Crippen molar-refractivity contribution in [2.75, 3.05) is 4.90 Å². The van der Waals surface area contributed by atoms with Crippen molar-refractivity contribution >= 4 is 49.7 Å². The smallest absolute Gasteiger partial charge is 0.227 e. The highest BCUT2D eigenvalue weighted by Gasteiger charge is 2.18. The average Bonchev–Trinajstić information content (AvgIpc) is 3.72. The standard InChI is InChI=1S/C51H34N2O/c1-4-12-35(13-5-1)37-20-27-42(28-21-37)53(43-29-22-38(23-30-43)36-14-6-2-7-15-36)44-31-24-39(25-32-44)41-26-33-47-48(34-41)45-18-10-11-19-46(45)49-50(47)54-51(52-49)40-16-8-3-9-17-40/h1-34H. The third-order valence-corrected chi connectivity index (χ3v) is 10.3. The number of nitrogens with zero attached hydrogens (tertiary/aromatic N) is 2. The Morgan fingerprint density at radius 1 is 0.315 bits per heavy atom. The normalized spacial score (nSPS) is 11.3. The quantitative estimate of drug-likeness (QED) is 0.156. The molecule has 0 N–H and O–H groups in total. The SMILES string of the molecule is c1ccc(-c2ccc(N(c3ccc(-c4ccccc4)cc3)c3ccc(-c4ccc5c(c4)c4ccccc4c4nc(-c6ccccc6)oc54)cc3)cc2)cc1. The van der Waals surface area contributed by atoms with E-state index in [4.69, 9.17) is 9.40 Å². The summed E-state index contributed by atoms with van der Waals surface area (Å²) in [6.45, 7) is 0. The number of benzene rings is 9. The van der Waals surface area contributed by atoms with Gasteiger partial charge in [-0.25, -0.2) is 4.98 Å². The molecule has 10 aromatic rings. The summed E-state index contributed by atoms with van der Waals surface area (Å²) in [5, 5.41) is 4.46. The van der Waals surface area contributed by atoms with Gasteiger partial charge in [0.05, 0.1) is 0 Å². The summed E-state index contributed by atoms with van der Waals surface area (Å²) in [5.74, 6) is 0.636. The van der Waals surface area contributed by atoms with E-state index in [1.54, 1.807) is 0 Å². The number of aromatic nitrogens is 1. The molecule has 3 heteroatoms. The van der Waals surface area contributed by atoms with Crippen LogP contribution in [0.2, 0.25) is 0 Å². The molecule has 0 amide bonds. The molecule has 0 fully saturated rings. The van der Waals surface area contributed by atoms with E-state index in [0.717, 1.165) is 66.4 Å². The molecule has 0 aliphatic heterocycles. The molecule has 0 spiro atoms. The average molecular weight is 691 g/mol. The lowest BCUT2D eigenvalue weighted by Gasteiger charge is -2.26. The van der Waals surface area contributed by atoms with Gasteiger partial charge in [-0.2, -0.15) is 0 Å². The van der Waals surface area contributed by atoms with Crippen LogP contribution in [0.25, 0.3) is 77.5 Å². The largest absolute Gasteiger partial charge is 0.435 e. The fraction of sp³-hybridized carbons (Fsp3) is 0. The highest BCUT2D eigenvalue weighted by Crippen LogP contribution is 2.41. The Labute approximate surface area is 314 Å². The van der Waals surface area contributed by atoms with Crippen molar-refractivity contribution < 1.29 is 4.42 Å². The van der Waals surface area contributed by atoms with Crippen LogP contribution in [0.4, 0.5) is 17.1 Å². The highest BCUT2D eigenvalue weighted by molar-refractivity contribution is 6.23. The van der Waals surface area contributed by atoms with E-state index >= 15 is 0 Å². The molecule has 0 saturated carbocycles. The van der Waals surface area contributed by atoms with E-state index < -0.39 is 0 Å².